The van der Waals surface area contributed by atoms with E-state index in [0.717, 1.165) is 12.0 Å². The van der Waals surface area contributed by atoms with Gasteiger partial charge in [-0.25, -0.2) is 0 Å². The van der Waals surface area contributed by atoms with Crippen LogP contribution >= 0.6 is 11.3 Å². The predicted octanol–water partition coefficient (Wildman–Crippen LogP) is 3.93. The second-order valence-corrected chi connectivity index (χ2v) is 7.23. The number of benzene rings is 1. The first kappa shape index (κ1) is 11.0. The van der Waals surface area contributed by atoms with Crippen molar-refractivity contribution in [2.45, 2.75) is 37.6 Å². The molecule has 0 saturated heterocycles. The van der Waals surface area contributed by atoms with Crippen LogP contribution in [0.15, 0.2) is 30.3 Å². The summed E-state index contributed by atoms with van der Waals surface area (Å²) in [6.45, 7) is 3.66. The fourth-order valence-corrected chi connectivity index (χ4v) is 4.21. The molecule has 18 heavy (non-hydrogen) atoms. The molecular weight excluding hydrogens is 238 g/mol. The van der Waals surface area contributed by atoms with Crippen LogP contribution in [0.5, 0.6) is 0 Å². The maximum atomic E-state index is 3.68. The third kappa shape index (κ3) is 1.79. The van der Waals surface area contributed by atoms with Gasteiger partial charge in [-0.15, -0.1) is 11.3 Å². The third-order valence-corrected chi connectivity index (χ3v) is 6.03. The number of nitrogens with one attached hydrogen (secondary N) is 1. The molecule has 0 spiro atoms. The van der Waals surface area contributed by atoms with Crippen LogP contribution in [-0.4, -0.2) is 12.6 Å². The first-order valence-corrected chi connectivity index (χ1v) is 7.80. The van der Waals surface area contributed by atoms with Gasteiger partial charge in [0.05, 0.1) is 0 Å². The summed E-state index contributed by atoms with van der Waals surface area (Å²) >= 11 is 1.99. The monoisotopic (exact) mass is 257 g/mol. The van der Waals surface area contributed by atoms with Crippen LogP contribution in [0.4, 0.5) is 0 Å². The Morgan fingerprint density at radius 1 is 1.33 bits per heavy atom. The van der Waals surface area contributed by atoms with E-state index in [4.69, 9.17) is 0 Å². The highest BCUT2D eigenvalue weighted by Crippen LogP contribution is 2.56. The van der Waals surface area contributed by atoms with Gasteiger partial charge < -0.3 is 5.32 Å². The number of hydrogen-bond donors (Lipinski definition) is 1. The molecule has 0 amide bonds. The lowest BCUT2D eigenvalue weighted by molar-refractivity contribution is 0.580. The van der Waals surface area contributed by atoms with Crippen molar-refractivity contribution in [3.05, 3.63) is 35.2 Å². The molecular formula is C16H19NS. The average Bonchev–Trinajstić information content (AvgIpc) is 3.26. The van der Waals surface area contributed by atoms with Gasteiger partial charge in [-0.1, -0.05) is 25.1 Å². The Balaban J connectivity index is 1.55. The Kier molecular flexibility index (Phi) is 2.33. The van der Waals surface area contributed by atoms with Gasteiger partial charge in [-0.2, -0.15) is 0 Å². The van der Waals surface area contributed by atoms with Crippen molar-refractivity contribution < 1.29 is 0 Å². The molecule has 2 fully saturated rings. The highest BCUT2D eigenvalue weighted by molar-refractivity contribution is 7.19. The van der Waals surface area contributed by atoms with Crippen molar-refractivity contribution in [2.75, 3.05) is 6.54 Å². The van der Waals surface area contributed by atoms with Crippen molar-refractivity contribution in [1.82, 2.24) is 5.32 Å². The Bertz CT molecular complexity index is 551. The van der Waals surface area contributed by atoms with Crippen molar-refractivity contribution >= 4 is 21.4 Å². The molecule has 1 aromatic carbocycles. The summed E-state index contributed by atoms with van der Waals surface area (Å²) in [7, 11) is 0. The molecule has 4 rings (SSSR count). The van der Waals surface area contributed by atoms with Crippen molar-refractivity contribution in [2.24, 2.45) is 5.92 Å². The minimum atomic E-state index is 0.450. The first-order valence-electron chi connectivity index (χ1n) is 6.98. The van der Waals surface area contributed by atoms with Crippen LogP contribution in [0.25, 0.3) is 10.1 Å². The third-order valence-electron chi connectivity index (χ3n) is 4.63. The fraction of sp³-hybridized carbons (Fsp3) is 0.500. The predicted molar refractivity (Wildman–Crippen MR) is 78.3 cm³/mol. The van der Waals surface area contributed by atoms with Gasteiger partial charge >= 0.3 is 0 Å². The molecule has 0 aliphatic heterocycles. The van der Waals surface area contributed by atoms with E-state index in [0.29, 0.717) is 5.41 Å². The molecule has 0 radical (unpaired) electrons. The molecule has 1 N–H and O–H groups in total. The summed E-state index contributed by atoms with van der Waals surface area (Å²) in [5.41, 5.74) is 0.450. The van der Waals surface area contributed by atoms with Gasteiger partial charge in [0.2, 0.25) is 0 Å². The van der Waals surface area contributed by atoms with Crippen molar-refractivity contribution in [1.29, 1.82) is 0 Å². The molecule has 0 bridgehead atoms. The van der Waals surface area contributed by atoms with E-state index in [2.05, 4.69) is 42.6 Å². The Labute approximate surface area is 112 Å². The van der Waals surface area contributed by atoms with Gasteiger partial charge in [-0.3, -0.25) is 0 Å². The Morgan fingerprint density at radius 3 is 2.94 bits per heavy atom. The SMILES string of the molecule is CC1(c2cc3ccccc3s2)CC1CNC1CC1. The molecule has 2 aromatic rings. The Morgan fingerprint density at radius 2 is 2.17 bits per heavy atom. The lowest BCUT2D eigenvalue weighted by atomic mass is 10.0. The average molecular weight is 257 g/mol. The van der Waals surface area contributed by atoms with E-state index in [9.17, 15) is 0 Å². The first-order chi connectivity index (χ1) is 8.75. The van der Waals surface area contributed by atoms with Crippen LogP contribution < -0.4 is 5.32 Å². The van der Waals surface area contributed by atoms with Crippen molar-refractivity contribution in [3.63, 3.8) is 0 Å². The van der Waals surface area contributed by atoms with E-state index in [1.54, 1.807) is 4.88 Å². The molecule has 94 valence electrons. The highest BCUT2D eigenvalue weighted by atomic mass is 32.1. The van der Waals surface area contributed by atoms with Gasteiger partial charge in [0.15, 0.2) is 0 Å². The van der Waals surface area contributed by atoms with Crippen LogP contribution in [0.1, 0.15) is 31.1 Å². The molecule has 2 aliphatic carbocycles. The molecule has 2 unspecified atom stereocenters. The van der Waals surface area contributed by atoms with Crippen molar-refractivity contribution in [3.8, 4) is 0 Å². The van der Waals surface area contributed by atoms with Crippen LogP contribution in [0, 0.1) is 5.92 Å². The summed E-state index contributed by atoms with van der Waals surface area (Å²) < 4.78 is 1.44. The summed E-state index contributed by atoms with van der Waals surface area (Å²) in [5.74, 6) is 0.853. The summed E-state index contributed by atoms with van der Waals surface area (Å²) in [5, 5.41) is 5.10. The number of rotatable bonds is 4. The minimum absolute atomic E-state index is 0.450. The molecule has 1 aromatic heterocycles. The van der Waals surface area contributed by atoms with E-state index >= 15 is 0 Å². The van der Waals surface area contributed by atoms with Gasteiger partial charge in [0.1, 0.15) is 0 Å². The van der Waals surface area contributed by atoms with Crippen LogP contribution in [-0.2, 0) is 5.41 Å². The molecule has 1 nitrogen and oxygen atoms in total. The summed E-state index contributed by atoms with van der Waals surface area (Å²) in [4.78, 5) is 1.59. The second kappa shape index (κ2) is 3.82. The zero-order valence-corrected chi connectivity index (χ0v) is 11.6. The second-order valence-electron chi connectivity index (χ2n) is 6.15. The zero-order valence-electron chi connectivity index (χ0n) is 10.8. The molecule has 2 atom stereocenters. The fourth-order valence-electron chi connectivity index (χ4n) is 2.91. The zero-order chi connectivity index (χ0) is 12.2. The van der Waals surface area contributed by atoms with Gasteiger partial charge in [0.25, 0.3) is 0 Å². The number of fused-ring (bicyclic) bond motifs is 1. The summed E-state index contributed by atoms with van der Waals surface area (Å²) in [6.07, 6.45) is 4.15. The lowest BCUT2D eigenvalue weighted by Gasteiger charge is -2.09. The maximum Gasteiger partial charge on any atom is 0.0345 e. The Hall–Kier alpha value is -0.860. The van der Waals surface area contributed by atoms with E-state index in [1.165, 1.54) is 35.9 Å². The minimum Gasteiger partial charge on any atom is -0.314 e. The molecule has 1 heterocycles. The summed E-state index contributed by atoms with van der Waals surface area (Å²) in [6, 6.07) is 12.0. The van der Waals surface area contributed by atoms with E-state index < -0.39 is 0 Å². The molecule has 2 saturated carbocycles. The number of thiophene rings is 1. The van der Waals surface area contributed by atoms with E-state index in [-0.39, 0.29) is 0 Å². The number of hydrogen-bond acceptors (Lipinski definition) is 2. The van der Waals surface area contributed by atoms with E-state index in [1.807, 2.05) is 11.3 Å². The smallest absolute Gasteiger partial charge is 0.0345 e. The van der Waals surface area contributed by atoms with Crippen LogP contribution in [0.2, 0.25) is 0 Å². The van der Waals surface area contributed by atoms with Crippen LogP contribution in [0.3, 0.4) is 0 Å². The normalized spacial score (nSPS) is 30.8. The van der Waals surface area contributed by atoms with Gasteiger partial charge in [-0.05, 0) is 49.2 Å². The largest absolute Gasteiger partial charge is 0.314 e. The lowest BCUT2D eigenvalue weighted by Crippen LogP contribution is -2.21. The maximum absolute atomic E-state index is 3.68. The quantitative estimate of drug-likeness (QED) is 0.875. The highest BCUT2D eigenvalue weighted by Gasteiger charge is 2.52. The standard InChI is InChI=1S/C16H19NS/c1-16(9-12(16)10-17-13-6-7-13)15-8-11-4-2-3-5-14(11)18-15/h2-5,8,12-13,17H,6-7,9-10H2,1H3. The topological polar surface area (TPSA) is 12.0 Å². The van der Waals surface area contributed by atoms with Gasteiger partial charge in [0, 0.05) is 21.0 Å². The molecule has 2 aliphatic rings. The molecule has 2 heteroatoms.